The van der Waals surface area contributed by atoms with Gasteiger partial charge in [-0.25, -0.2) is 4.99 Å². The lowest BCUT2D eigenvalue weighted by Crippen LogP contribution is -2.01. The first-order valence-corrected chi connectivity index (χ1v) is 7.85. The van der Waals surface area contributed by atoms with Gasteiger partial charge in [0.15, 0.2) is 0 Å². The van der Waals surface area contributed by atoms with Crippen LogP contribution in [0.5, 0.6) is 5.75 Å². The molecule has 1 amide bonds. The number of amides is 1. The van der Waals surface area contributed by atoms with E-state index >= 15 is 0 Å². The molecule has 102 valence electrons. The fraction of sp³-hybridized carbons (Fsp3) is 0.467. The maximum Gasteiger partial charge on any atom is 0.277 e. The van der Waals surface area contributed by atoms with E-state index in [4.69, 9.17) is 4.74 Å². The molecule has 4 heteroatoms. The van der Waals surface area contributed by atoms with E-state index in [-0.39, 0.29) is 5.91 Å². The molecule has 0 fully saturated rings. The lowest BCUT2D eigenvalue weighted by Gasteiger charge is -2.08. The molecular weight excluding hydrogens is 306 g/mol. The summed E-state index contributed by atoms with van der Waals surface area (Å²) in [6, 6.07) is 5.53. The van der Waals surface area contributed by atoms with E-state index in [0.29, 0.717) is 12.2 Å². The lowest BCUT2D eigenvalue weighted by molar-refractivity contribution is 0.101. The van der Waals surface area contributed by atoms with E-state index in [1.54, 1.807) is 12.3 Å². The van der Waals surface area contributed by atoms with Crippen molar-refractivity contribution in [1.82, 2.24) is 0 Å². The summed E-state index contributed by atoms with van der Waals surface area (Å²) in [5.74, 6) is 0.600. The third-order valence-electron chi connectivity index (χ3n) is 3.14. The number of ether oxygens (including phenoxy) is 1. The molecule has 0 bridgehead atoms. The number of carbonyl (C=O) groups excluding carboxylic acids is 1. The average Bonchev–Trinajstić information content (AvgIpc) is 2.81. The molecule has 0 spiro atoms. The van der Waals surface area contributed by atoms with Crippen molar-refractivity contribution in [1.29, 1.82) is 0 Å². The van der Waals surface area contributed by atoms with Gasteiger partial charge in [-0.3, -0.25) is 4.79 Å². The van der Waals surface area contributed by atoms with Crippen LogP contribution in [0.3, 0.4) is 0 Å². The lowest BCUT2D eigenvalue weighted by atomic mass is 10.1. The Morgan fingerprint density at radius 3 is 2.74 bits per heavy atom. The zero-order valence-electron chi connectivity index (χ0n) is 10.9. The average molecular weight is 324 g/mol. The van der Waals surface area contributed by atoms with Gasteiger partial charge in [0.1, 0.15) is 5.75 Å². The van der Waals surface area contributed by atoms with Gasteiger partial charge in [0.25, 0.3) is 5.91 Å². The number of nitrogens with zero attached hydrogens (tertiary/aromatic N) is 1. The van der Waals surface area contributed by atoms with Crippen LogP contribution in [0.1, 0.15) is 48.0 Å². The van der Waals surface area contributed by atoms with Crippen LogP contribution >= 0.6 is 15.9 Å². The molecule has 0 unspecified atom stereocenters. The van der Waals surface area contributed by atoms with Crippen molar-refractivity contribution in [3.05, 3.63) is 29.3 Å². The van der Waals surface area contributed by atoms with E-state index in [9.17, 15) is 4.79 Å². The van der Waals surface area contributed by atoms with Crippen LogP contribution in [0, 0.1) is 0 Å². The predicted octanol–water partition coefficient (Wildman–Crippen LogP) is 3.98. The molecule has 0 aromatic heterocycles. The highest BCUT2D eigenvalue weighted by molar-refractivity contribution is 9.09. The van der Waals surface area contributed by atoms with Crippen molar-refractivity contribution in [2.75, 3.05) is 11.9 Å². The molecule has 0 radical (unpaired) electrons. The fourth-order valence-corrected chi connectivity index (χ4v) is 2.49. The molecule has 0 atom stereocenters. The predicted molar refractivity (Wildman–Crippen MR) is 80.7 cm³/mol. The summed E-state index contributed by atoms with van der Waals surface area (Å²) in [6.45, 7) is 0.701. The summed E-state index contributed by atoms with van der Waals surface area (Å²) in [7, 11) is 0. The highest BCUT2D eigenvalue weighted by Gasteiger charge is 2.18. The molecule has 1 aliphatic heterocycles. The van der Waals surface area contributed by atoms with Gasteiger partial charge in [0, 0.05) is 17.1 Å². The van der Waals surface area contributed by atoms with Gasteiger partial charge >= 0.3 is 0 Å². The number of alkyl halides is 1. The fourth-order valence-electron chi connectivity index (χ4n) is 2.09. The van der Waals surface area contributed by atoms with Crippen LogP contribution in [-0.4, -0.2) is 24.1 Å². The van der Waals surface area contributed by atoms with E-state index in [1.807, 2.05) is 12.1 Å². The van der Waals surface area contributed by atoms with Gasteiger partial charge in [-0.1, -0.05) is 41.3 Å². The Labute approximate surface area is 122 Å². The number of halogens is 1. The van der Waals surface area contributed by atoms with Crippen molar-refractivity contribution in [3.8, 4) is 5.75 Å². The molecule has 0 saturated heterocycles. The van der Waals surface area contributed by atoms with Crippen LogP contribution in [0.25, 0.3) is 0 Å². The summed E-state index contributed by atoms with van der Waals surface area (Å²) in [5.41, 5.74) is 1.47. The third kappa shape index (κ3) is 3.90. The van der Waals surface area contributed by atoms with Crippen molar-refractivity contribution in [2.45, 2.75) is 32.1 Å². The number of aliphatic imine (C=N–C) groups is 1. The van der Waals surface area contributed by atoms with Crippen LogP contribution < -0.4 is 4.74 Å². The van der Waals surface area contributed by atoms with Crippen LogP contribution in [0.4, 0.5) is 0 Å². The minimum absolute atomic E-state index is 0.171. The number of carbonyl (C=O) groups is 1. The van der Waals surface area contributed by atoms with Gasteiger partial charge < -0.3 is 4.74 Å². The minimum atomic E-state index is -0.171. The van der Waals surface area contributed by atoms with Gasteiger partial charge in [0.05, 0.1) is 12.2 Å². The normalized spacial score (nSPS) is 12.8. The molecule has 1 heterocycles. The SMILES string of the molecule is O=C1N=Cc2c(OCCCCCCCBr)cccc21. The van der Waals surface area contributed by atoms with Gasteiger partial charge in [0.2, 0.25) is 0 Å². The maximum atomic E-state index is 11.4. The minimum Gasteiger partial charge on any atom is -0.493 e. The second-order valence-electron chi connectivity index (χ2n) is 4.59. The van der Waals surface area contributed by atoms with Crippen LogP contribution in [0.2, 0.25) is 0 Å². The largest absolute Gasteiger partial charge is 0.493 e. The van der Waals surface area contributed by atoms with Crippen molar-refractivity contribution >= 4 is 28.1 Å². The standard InChI is InChI=1S/C15H18BrNO2/c16-9-4-2-1-3-5-10-19-14-8-6-7-12-13(14)11-17-15(12)18/h6-8,11H,1-5,9-10H2. The Hall–Kier alpha value is -1.16. The zero-order valence-corrected chi connectivity index (χ0v) is 12.5. The molecule has 1 aromatic carbocycles. The quantitative estimate of drug-likeness (QED) is 0.536. The number of unbranched alkanes of at least 4 members (excludes halogenated alkanes) is 4. The van der Waals surface area contributed by atoms with Gasteiger partial charge in [-0.15, -0.1) is 0 Å². The Morgan fingerprint density at radius 2 is 1.89 bits per heavy atom. The molecule has 3 nitrogen and oxygen atoms in total. The molecule has 1 aliphatic rings. The summed E-state index contributed by atoms with van der Waals surface area (Å²) >= 11 is 3.43. The smallest absolute Gasteiger partial charge is 0.277 e. The topological polar surface area (TPSA) is 38.7 Å². The second-order valence-corrected chi connectivity index (χ2v) is 5.38. The molecule has 1 aromatic rings. The summed E-state index contributed by atoms with van der Waals surface area (Å²) in [5, 5.41) is 1.09. The van der Waals surface area contributed by atoms with E-state index in [0.717, 1.165) is 23.1 Å². The molecule has 19 heavy (non-hydrogen) atoms. The van der Waals surface area contributed by atoms with E-state index in [1.165, 1.54) is 25.7 Å². The molecule has 2 rings (SSSR count). The number of benzene rings is 1. The Balaban J connectivity index is 1.75. The molecule has 0 aliphatic carbocycles. The molecule has 0 N–H and O–H groups in total. The molecular formula is C15H18BrNO2. The van der Waals surface area contributed by atoms with Crippen molar-refractivity contribution in [3.63, 3.8) is 0 Å². The highest BCUT2D eigenvalue weighted by atomic mass is 79.9. The van der Waals surface area contributed by atoms with Gasteiger partial charge in [-0.2, -0.15) is 0 Å². The van der Waals surface area contributed by atoms with Crippen LogP contribution in [-0.2, 0) is 0 Å². The number of hydrogen-bond donors (Lipinski definition) is 0. The van der Waals surface area contributed by atoms with Crippen molar-refractivity contribution < 1.29 is 9.53 Å². The molecule has 0 saturated carbocycles. The first-order chi connectivity index (χ1) is 9.33. The Morgan fingerprint density at radius 1 is 1.11 bits per heavy atom. The van der Waals surface area contributed by atoms with E-state index in [2.05, 4.69) is 20.9 Å². The Kier molecular flexibility index (Phi) is 5.58. The third-order valence-corrected chi connectivity index (χ3v) is 3.70. The zero-order chi connectivity index (χ0) is 13.5. The number of rotatable bonds is 8. The Bertz CT molecular complexity index is 471. The van der Waals surface area contributed by atoms with Crippen molar-refractivity contribution in [2.24, 2.45) is 4.99 Å². The number of hydrogen-bond acceptors (Lipinski definition) is 2. The van der Waals surface area contributed by atoms with E-state index < -0.39 is 0 Å². The summed E-state index contributed by atoms with van der Waals surface area (Å²) in [6.07, 6.45) is 7.61. The van der Waals surface area contributed by atoms with Crippen LogP contribution in [0.15, 0.2) is 23.2 Å². The monoisotopic (exact) mass is 323 g/mol. The van der Waals surface area contributed by atoms with Gasteiger partial charge in [-0.05, 0) is 25.0 Å². The maximum absolute atomic E-state index is 11.4. The summed E-state index contributed by atoms with van der Waals surface area (Å²) in [4.78, 5) is 15.2. The summed E-state index contributed by atoms with van der Waals surface area (Å²) < 4.78 is 5.75. The first-order valence-electron chi connectivity index (χ1n) is 6.73. The first kappa shape index (κ1) is 14.3. The second kappa shape index (κ2) is 7.43. The number of fused-ring (bicyclic) bond motifs is 1. The highest BCUT2D eigenvalue weighted by Crippen LogP contribution is 2.25.